The molecule has 1 aromatic rings. The summed E-state index contributed by atoms with van der Waals surface area (Å²) in [7, 11) is 0. The van der Waals surface area contributed by atoms with Gasteiger partial charge in [0.2, 0.25) is 5.91 Å². The van der Waals surface area contributed by atoms with E-state index < -0.39 is 0 Å². The molecule has 72 valence electrons. The average molecular weight is 187 g/mol. The molecule has 0 bridgehead atoms. The molecule has 0 radical (unpaired) electrons. The number of carbonyl (C=O) groups is 1. The van der Waals surface area contributed by atoms with Gasteiger partial charge in [-0.15, -0.1) is 0 Å². The van der Waals surface area contributed by atoms with Gasteiger partial charge in [-0.3, -0.25) is 4.79 Å². The van der Waals surface area contributed by atoms with E-state index in [1.807, 2.05) is 50.3 Å². The Morgan fingerprint density at radius 1 is 1.14 bits per heavy atom. The quantitative estimate of drug-likeness (QED) is 0.717. The molecule has 0 aromatic heterocycles. The molecule has 2 rings (SSSR count). The molecule has 14 heavy (non-hydrogen) atoms. The first-order valence-electron chi connectivity index (χ1n) is 4.69. The zero-order valence-corrected chi connectivity index (χ0v) is 8.37. The maximum Gasteiger partial charge on any atom is 0.233 e. The van der Waals surface area contributed by atoms with Crippen LogP contribution in [0.2, 0.25) is 0 Å². The first-order chi connectivity index (χ1) is 6.59. The molecule has 1 aliphatic heterocycles. The summed E-state index contributed by atoms with van der Waals surface area (Å²) >= 11 is 0. The maximum absolute atomic E-state index is 11.5. The van der Waals surface area contributed by atoms with Gasteiger partial charge >= 0.3 is 0 Å². The molecule has 0 unspecified atom stereocenters. The highest BCUT2D eigenvalue weighted by Gasteiger charge is 2.32. The number of carbonyl (C=O) groups excluding carboxylic acids is 1. The molecule has 0 spiro atoms. The van der Waals surface area contributed by atoms with Gasteiger partial charge in [0.05, 0.1) is 5.41 Å². The smallest absolute Gasteiger partial charge is 0.233 e. The molecule has 0 fully saturated rings. The van der Waals surface area contributed by atoms with Crippen LogP contribution in [0.5, 0.6) is 0 Å². The van der Waals surface area contributed by atoms with E-state index in [4.69, 9.17) is 0 Å². The summed E-state index contributed by atoms with van der Waals surface area (Å²) in [5, 5.41) is 2.88. The standard InChI is InChI=1S/C12H13NO/c1-12(2)8-10(13-11(12)14)9-6-4-3-5-7-9/h3-8H,1-2H3,(H,13,14). The number of rotatable bonds is 1. The molecular weight excluding hydrogens is 174 g/mol. The lowest BCUT2D eigenvalue weighted by molar-refractivity contribution is -0.124. The number of nitrogens with one attached hydrogen (secondary N) is 1. The van der Waals surface area contributed by atoms with Gasteiger partial charge in [-0.05, 0) is 25.5 Å². The van der Waals surface area contributed by atoms with E-state index in [9.17, 15) is 4.79 Å². The summed E-state index contributed by atoms with van der Waals surface area (Å²) in [5.41, 5.74) is 1.59. The van der Waals surface area contributed by atoms with E-state index in [2.05, 4.69) is 5.32 Å². The largest absolute Gasteiger partial charge is 0.325 e. The van der Waals surface area contributed by atoms with E-state index in [0.29, 0.717) is 0 Å². The SMILES string of the molecule is CC1(C)C=C(c2ccccc2)NC1=O. The first kappa shape index (κ1) is 9.00. The van der Waals surface area contributed by atoms with Crippen LogP contribution in [0.15, 0.2) is 36.4 Å². The Labute approximate surface area is 83.6 Å². The normalized spacial score (nSPS) is 19.0. The highest BCUT2D eigenvalue weighted by molar-refractivity contribution is 5.97. The van der Waals surface area contributed by atoms with Crippen LogP contribution >= 0.6 is 0 Å². The minimum atomic E-state index is -0.384. The van der Waals surface area contributed by atoms with Crippen molar-refractivity contribution in [2.75, 3.05) is 0 Å². The summed E-state index contributed by atoms with van der Waals surface area (Å²) in [6.45, 7) is 3.83. The van der Waals surface area contributed by atoms with Gasteiger partial charge in [0.15, 0.2) is 0 Å². The third-order valence-electron chi connectivity index (χ3n) is 2.42. The number of hydrogen-bond donors (Lipinski definition) is 1. The Kier molecular flexibility index (Phi) is 1.92. The van der Waals surface area contributed by atoms with Gasteiger partial charge in [0.25, 0.3) is 0 Å². The van der Waals surface area contributed by atoms with Gasteiger partial charge in [-0.2, -0.15) is 0 Å². The van der Waals surface area contributed by atoms with Crippen LogP contribution in [0.25, 0.3) is 5.70 Å². The van der Waals surface area contributed by atoms with Crippen molar-refractivity contribution in [3.63, 3.8) is 0 Å². The second kappa shape index (κ2) is 2.98. The molecule has 1 heterocycles. The topological polar surface area (TPSA) is 29.1 Å². The Bertz CT molecular complexity index is 390. The van der Waals surface area contributed by atoms with Crippen molar-refractivity contribution in [2.24, 2.45) is 5.41 Å². The van der Waals surface area contributed by atoms with Crippen molar-refractivity contribution in [1.82, 2.24) is 5.32 Å². The van der Waals surface area contributed by atoms with Gasteiger partial charge in [0, 0.05) is 5.70 Å². The van der Waals surface area contributed by atoms with Crippen molar-refractivity contribution < 1.29 is 4.79 Å². The lowest BCUT2D eigenvalue weighted by atomic mass is 9.94. The molecule has 2 nitrogen and oxygen atoms in total. The van der Waals surface area contributed by atoms with E-state index in [0.717, 1.165) is 11.3 Å². The van der Waals surface area contributed by atoms with Crippen LogP contribution in [-0.2, 0) is 4.79 Å². The van der Waals surface area contributed by atoms with E-state index in [1.165, 1.54) is 0 Å². The lowest BCUT2D eigenvalue weighted by Gasteiger charge is -2.09. The highest BCUT2D eigenvalue weighted by Crippen LogP contribution is 2.29. The fraction of sp³-hybridized carbons (Fsp3) is 0.250. The third-order valence-corrected chi connectivity index (χ3v) is 2.42. The van der Waals surface area contributed by atoms with Crippen LogP contribution in [0.3, 0.4) is 0 Å². The van der Waals surface area contributed by atoms with Crippen molar-refractivity contribution >= 4 is 11.6 Å². The molecular formula is C12H13NO. The van der Waals surface area contributed by atoms with Crippen LogP contribution in [-0.4, -0.2) is 5.91 Å². The maximum atomic E-state index is 11.5. The summed E-state index contributed by atoms with van der Waals surface area (Å²) in [6, 6.07) is 9.88. The van der Waals surface area contributed by atoms with Crippen molar-refractivity contribution in [2.45, 2.75) is 13.8 Å². The summed E-state index contributed by atoms with van der Waals surface area (Å²) < 4.78 is 0. The van der Waals surface area contributed by atoms with E-state index >= 15 is 0 Å². The predicted molar refractivity (Wildman–Crippen MR) is 56.3 cm³/mol. The van der Waals surface area contributed by atoms with Crippen molar-refractivity contribution in [3.05, 3.63) is 42.0 Å². The number of hydrogen-bond acceptors (Lipinski definition) is 1. The summed E-state index contributed by atoms with van der Waals surface area (Å²) in [5.74, 6) is 0.0661. The second-order valence-corrected chi connectivity index (χ2v) is 4.10. The first-order valence-corrected chi connectivity index (χ1v) is 4.69. The molecule has 1 amide bonds. The molecule has 0 saturated heterocycles. The molecule has 0 saturated carbocycles. The molecule has 0 atom stereocenters. The average Bonchev–Trinajstić information content (AvgIpc) is 2.43. The van der Waals surface area contributed by atoms with Crippen LogP contribution in [0, 0.1) is 5.41 Å². The Morgan fingerprint density at radius 3 is 2.29 bits per heavy atom. The van der Waals surface area contributed by atoms with Gasteiger partial charge in [0.1, 0.15) is 0 Å². The fourth-order valence-corrected chi connectivity index (χ4v) is 1.52. The second-order valence-electron chi connectivity index (χ2n) is 4.10. The van der Waals surface area contributed by atoms with Crippen LogP contribution in [0.4, 0.5) is 0 Å². The van der Waals surface area contributed by atoms with Gasteiger partial charge in [-0.25, -0.2) is 0 Å². The van der Waals surface area contributed by atoms with Crippen LogP contribution < -0.4 is 5.32 Å². The zero-order valence-electron chi connectivity index (χ0n) is 8.37. The monoisotopic (exact) mass is 187 g/mol. The summed E-state index contributed by atoms with van der Waals surface area (Å²) in [6.07, 6.45) is 1.98. The Balaban J connectivity index is 2.36. The predicted octanol–water partition coefficient (Wildman–Crippen LogP) is 2.18. The number of benzene rings is 1. The van der Waals surface area contributed by atoms with Crippen molar-refractivity contribution in [1.29, 1.82) is 0 Å². The van der Waals surface area contributed by atoms with E-state index in [1.54, 1.807) is 0 Å². The Hall–Kier alpha value is -1.57. The van der Waals surface area contributed by atoms with Gasteiger partial charge < -0.3 is 5.32 Å². The van der Waals surface area contributed by atoms with Crippen molar-refractivity contribution in [3.8, 4) is 0 Å². The molecule has 1 aliphatic rings. The molecule has 1 aromatic carbocycles. The van der Waals surface area contributed by atoms with Crippen LogP contribution in [0.1, 0.15) is 19.4 Å². The van der Waals surface area contributed by atoms with E-state index in [-0.39, 0.29) is 11.3 Å². The molecule has 1 N–H and O–H groups in total. The third kappa shape index (κ3) is 1.43. The number of amides is 1. The molecule has 0 aliphatic carbocycles. The Morgan fingerprint density at radius 2 is 1.79 bits per heavy atom. The molecule has 2 heteroatoms. The fourth-order valence-electron chi connectivity index (χ4n) is 1.52. The minimum absolute atomic E-state index is 0.0661. The summed E-state index contributed by atoms with van der Waals surface area (Å²) in [4.78, 5) is 11.5. The minimum Gasteiger partial charge on any atom is -0.325 e. The lowest BCUT2D eigenvalue weighted by Crippen LogP contribution is -2.26. The van der Waals surface area contributed by atoms with Gasteiger partial charge in [-0.1, -0.05) is 30.3 Å². The highest BCUT2D eigenvalue weighted by atomic mass is 16.2. The zero-order chi connectivity index (χ0) is 10.2.